The normalized spacial score (nSPS) is 12.5. The van der Waals surface area contributed by atoms with Crippen molar-refractivity contribution >= 4 is 40.0 Å². The van der Waals surface area contributed by atoms with Gasteiger partial charge >= 0.3 is 0 Å². The number of rotatable bonds is 8. The predicted molar refractivity (Wildman–Crippen MR) is 154 cm³/mol. The highest BCUT2D eigenvalue weighted by Crippen LogP contribution is 2.37. The van der Waals surface area contributed by atoms with E-state index in [1.165, 1.54) is 18.2 Å². The van der Waals surface area contributed by atoms with Gasteiger partial charge in [-0.3, -0.25) is 23.7 Å². The summed E-state index contributed by atoms with van der Waals surface area (Å²) in [5.74, 6) is -0.701. The van der Waals surface area contributed by atoms with Crippen LogP contribution in [0.25, 0.3) is 27.7 Å². The molecule has 1 aliphatic heterocycles. The summed E-state index contributed by atoms with van der Waals surface area (Å²) in [6.45, 7) is 10.9. The van der Waals surface area contributed by atoms with Gasteiger partial charge < -0.3 is 24.8 Å². The maximum absolute atomic E-state index is 13.4. The Labute approximate surface area is 231 Å². The topological polar surface area (TPSA) is 117 Å². The molecule has 11 heteroatoms. The van der Waals surface area contributed by atoms with Crippen LogP contribution in [-0.2, 0) is 14.4 Å². The molecule has 0 fully saturated rings. The summed E-state index contributed by atoms with van der Waals surface area (Å²) in [7, 11) is 5.39. The van der Waals surface area contributed by atoms with Gasteiger partial charge in [0.15, 0.2) is 0 Å². The molecule has 11 nitrogen and oxygen atoms in total. The van der Waals surface area contributed by atoms with Crippen molar-refractivity contribution < 1.29 is 19.1 Å². The number of aromatic nitrogens is 2. The van der Waals surface area contributed by atoms with Gasteiger partial charge in [0, 0.05) is 32.6 Å². The average molecular weight is 545 g/mol. The third kappa shape index (κ3) is 5.64. The third-order valence-electron chi connectivity index (χ3n) is 6.61. The lowest BCUT2D eigenvalue weighted by Gasteiger charge is -2.29. The molecule has 1 N–H and O–H groups in total. The van der Waals surface area contributed by atoms with Crippen molar-refractivity contribution in [3.63, 3.8) is 0 Å². The second-order valence-corrected chi connectivity index (χ2v) is 9.73. The quantitative estimate of drug-likeness (QED) is 0.431. The second-order valence-electron chi connectivity index (χ2n) is 9.73. The number of para-hydroxylation sites is 1. The fourth-order valence-electron chi connectivity index (χ4n) is 4.35. The zero-order chi connectivity index (χ0) is 29.1. The van der Waals surface area contributed by atoms with Gasteiger partial charge in [0.2, 0.25) is 5.91 Å². The number of nitrogens with one attached hydrogen (secondary N) is 1. The minimum absolute atomic E-state index is 0.0711. The number of anilines is 1. The summed E-state index contributed by atoms with van der Waals surface area (Å²) in [5.41, 5.74) is 1.72. The van der Waals surface area contributed by atoms with E-state index in [1.54, 1.807) is 24.1 Å². The van der Waals surface area contributed by atoms with Gasteiger partial charge in [-0.15, -0.1) is 0 Å². The molecule has 0 saturated carbocycles. The van der Waals surface area contributed by atoms with Crippen LogP contribution in [-0.4, -0.2) is 84.5 Å². The van der Waals surface area contributed by atoms with E-state index in [0.717, 1.165) is 10.1 Å². The number of hydrogen-bond donors (Lipinski definition) is 1. The number of benzene rings is 2. The lowest BCUT2D eigenvalue weighted by molar-refractivity contribution is -0.127. The molecule has 0 atom stereocenters. The molecule has 1 aliphatic rings. The summed E-state index contributed by atoms with van der Waals surface area (Å²) < 4.78 is 6.83. The van der Waals surface area contributed by atoms with E-state index < -0.39 is 17.4 Å². The molecule has 1 aromatic heterocycles. The Morgan fingerprint density at radius 2 is 1.85 bits per heavy atom. The third-order valence-corrected chi connectivity index (χ3v) is 6.61. The van der Waals surface area contributed by atoms with Crippen LogP contribution in [0.1, 0.15) is 6.92 Å². The van der Waals surface area contributed by atoms with E-state index in [2.05, 4.69) is 23.5 Å². The van der Waals surface area contributed by atoms with Crippen molar-refractivity contribution in [3.8, 4) is 16.9 Å². The molecule has 0 spiro atoms. The average Bonchev–Trinajstić information content (AvgIpc) is 2.94. The molecule has 2 heterocycles. The molecule has 3 amide bonds. The van der Waals surface area contributed by atoms with Crippen LogP contribution in [0.5, 0.6) is 5.75 Å². The van der Waals surface area contributed by atoms with Crippen LogP contribution in [0.4, 0.5) is 5.69 Å². The van der Waals surface area contributed by atoms with Crippen LogP contribution in [0.3, 0.4) is 0 Å². The fourth-order valence-corrected chi connectivity index (χ4v) is 4.35. The Bertz CT molecular complexity index is 1590. The number of carbonyl (C=O) groups excluding carboxylic acids is 3. The number of fused-ring (bicyclic) bond motifs is 2. The first kappa shape index (κ1) is 28.2. The lowest BCUT2D eigenvalue weighted by Crippen LogP contribution is -2.39. The van der Waals surface area contributed by atoms with Gasteiger partial charge in [0.05, 0.1) is 28.8 Å². The van der Waals surface area contributed by atoms with E-state index >= 15 is 0 Å². The molecule has 0 bridgehead atoms. The largest absolute Gasteiger partial charge is 0.490 e. The van der Waals surface area contributed by atoms with Crippen LogP contribution in [0.15, 0.2) is 66.4 Å². The van der Waals surface area contributed by atoms with E-state index in [-0.39, 0.29) is 22.7 Å². The van der Waals surface area contributed by atoms with E-state index in [9.17, 15) is 19.2 Å². The lowest BCUT2D eigenvalue weighted by atomic mass is 10.0. The van der Waals surface area contributed by atoms with Crippen molar-refractivity contribution in [2.45, 2.75) is 6.92 Å². The predicted octanol–water partition coefficient (Wildman–Crippen LogP) is 1.93. The van der Waals surface area contributed by atoms with E-state index in [0.29, 0.717) is 48.8 Å². The number of likely N-dealkylation sites (N-methyl/N-ethyl adjacent to an activating group) is 2. The molecule has 2 aromatic carbocycles. The Morgan fingerprint density at radius 1 is 1.10 bits per heavy atom. The van der Waals surface area contributed by atoms with Crippen molar-refractivity contribution in [3.05, 3.63) is 71.9 Å². The smallest absolute Gasteiger partial charge is 0.272 e. The number of hydrogen-bond acceptors (Lipinski definition) is 7. The van der Waals surface area contributed by atoms with Gasteiger partial charge in [-0.25, -0.2) is 4.98 Å². The van der Waals surface area contributed by atoms with Gasteiger partial charge in [0.1, 0.15) is 24.4 Å². The van der Waals surface area contributed by atoms with Crippen molar-refractivity contribution in [2.75, 3.05) is 52.3 Å². The molecule has 4 rings (SSSR count). The van der Waals surface area contributed by atoms with Gasteiger partial charge in [-0.05, 0) is 37.9 Å². The van der Waals surface area contributed by atoms with Gasteiger partial charge in [0.25, 0.3) is 17.4 Å². The molecule has 0 radical (unpaired) electrons. The first-order chi connectivity index (χ1) is 19.0. The van der Waals surface area contributed by atoms with Crippen molar-refractivity contribution in [1.82, 2.24) is 24.7 Å². The maximum Gasteiger partial charge on any atom is 0.272 e. The molecular weight excluding hydrogens is 512 g/mol. The zero-order valence-corrected chi connectivity index (χ0v) is 23.1. The van der Waals surface area contributed by atoms with Gasteiger partial charge in [-0.2, -0.15) is 0 Å². The number of ether oxygens (including phenoxy) is 1. The van der Waals surface area contributed by atoms with Crippen LogP contribution in [0.2, 0.25) is 0 Å². The molecule has 0 saturated heterocycles. The fraction of sp³-hybridized carbons (Fsp3) is 0.276. The monoisotopic (exact) mass is 544 g/mol. The SMILES string of the molecule is C=C(NC(=O)C(=C)n1cnc2c(-c3ccc4c(c3)OCCN4C(C)=O)cccc2c1=O)C(=O)N(C)CCN(C)C. The van der Waals surface area contributed by atoms with E-state index in [4.69, 9.17) is 4.74 Å². The van der Waals surface area contributed by atoms with E-state index in [1.807, 2.05) is 43.3 Å². The highest BCUT2D eigenvalue weighted by molar-refractivity contribution is 6.15. The Kier molecular flexibility index (Phi) is 8.15. The Balaban J connectivity index is 1.59. The molecule has 3 aromatic rings. The van der Waals surface area contributed by atoms with Crippen LogP contribution < -0.4 is 20.5 Å². The minimum Gasteiger partial charge on any atom is -0.490 e. The summed E-state index contributed by atoms with van der Waals surface area (Å²) in [6.07, 6.45) is 1.23. The summed E-state index contributed by atoms with van der Waals surface area (Å²) >= 11 is 0. The van der Waals surface area contributed by atoms with Crippen molar-refractivity contribution in [1.29, 1.82) is 0 Å². The zero-order valence-electron chi connectivity index (χ0n) is 23.1. The minimum atomic E-state index is -0.749. The molecular formula is C29H32N6O5. The number of amides is 3. The van der Waals surface area contributed by atoms with Gasteiger partial charge in [-0.1, -0.05) is 31.4 Å². The Hall–Kier alpha value is -4.77. The number of nitrogens with zero attached hydrogens (tertiary/aromatic N) is 5. The van der Waals surface area contributed by atoms with Crippen LogP contribution in [0, 0.1) is 0 Å². The summed E-state index contributed by atoms with van der Waals surface area (Å²) in [6, 6.07) is 10.6. The first-order valence-electron chi connectivity index (χ1n) is 12.6. The molecule has 0 unspecified atom stereocenters. The van der Waals surface area contributed by atoms with Crippen molar-refractivity contribution in [2.24, 2.45) is 0 Å². The molecule has 0 aliphatic carbocycles. The standard InChI is InChI=1S/C29H32N6O5/c1-18(28(38)33(6)13-12-32(4)5)31-27(37)19(2)35-17-30-26-22(8-7-9-23(26)29(35)39)21-10-11-24-25(16-21)40-15-14-34(24)20(3)36/h7-11,16-17H,1-2,12-15H2,3-6H3,(H,31,37). The number of carbonyl (C=O) groups is 3. The highest BCUT2D eigenvalue weighted by atomic mass is 16.5. The maximum atomic E-state index is 13.4. The molecule has 40 heavy (non-hydrogen) atoms. The highest BCUT2D eigenvalue weighted by Gasteiger charge is 2.23. The second kappa shape index (κ2) is 11.5. The Morgan fingerprint density at radius 3 is 2.55 bits per heavy atom. The first-order valence-corrected chi connectivity index (χ1v) is 12.6. The summed E-state index contributed by atoms with van der Waals surface area (Å²) in [4.78, 5) is 60.3. The molecule has 208 valence electrons. The summed E-state index contributed by atoms with van der Waals surface area (Å²) in [5, 5.41) is 2.71. The van der Waals surface area contributed by atoms with Crippen LogP contribution >= 0.6 is 0 Å².